The van der Waals surface area contributed by atoms with Crippen LogP contribution in [0.2, 0.25) is 0 Å². The monoisotopic (exact) mass is 440 g/mol. The number of fused-ring (bicyclic) bond motifs is 3. The quantitative estimate of drug-likeness (QED) is 0.489. The van der Waals surface area contributed by atoms with Crippen molar-refractivity contribution in [3.8, 4) is 11.1 Å². The minimum atomic E-state index is -1.19. The molecule has 3 rings (SSSR count). The van der Waals surface area contributed by atoms with Crippen molar-refractivity contribution in [3.63, 3.8) is 0 Å². The van der Waals surface area contributed by atoms with E-state index in [2.05, 4.69) is 27.8 Å². The van der Waals surface area contributed by atoms with Crippen molar-refractivity contribution < 1.29 is 29.1 Å². The second-order valence-corrected chi connectivity index (χ2v) is 8.18. The standard InChI is InChI=1S/C24H28N2O6/c1-15(2)11-16(23(29)26-32-14-22(27)28)12-25-24(30)31-13-21-19-9-5-3-7-17(19)18-8-4-6-10-20(18)21/h3-10,15-16,21H,11-14H2,1-2H3,(H,25,30)(H,26,29)(H,27,28). The largest absolute Gasteiger partial charge is 0.479 e. The van der Waals surface area contributed by atoms with Gasteiger partial charge in [-0.3, -0.25) is 9.63 Å². The second-order valence-electron chi connectivity index (χ2n) is 8.18. The molecule has 0 fully saturated rings. The predicted molar refractivity (Wildman–Crippen MR) is 118 cm³/mol. The van der Waals surface area contributed by atoms with Gasteiger partial charge in [-0.25, -0.2) is 15.1 Å². The van der Waals surface area contributed by atoms with E-state index in [1.165, 1.54) is 0 Å². The first-order valence-electron chi connectivity index (χ1n) is 10.6. The highest BCUT2D eigenvalue weighted by molar-refractivity contribution is 5.80. The number of benzene rings is 2. The normalized spacial score (nSPS) is 13.2. The molecule has 1 aliphatic rings. The first kappa shape index (κ1) is 23.3. The van der Waals surface area contributed by atoms with Crippen molar-refractivity contribution in [2.24, 2.45) is 11.8 Å². The van der Waals surface area contributed by atoms with Gasteiger partial charge in [0.2, 0.25) is 5.91 Å². The van der Waals surface area contributed by atoms with Gasteiger partial charge in [0.25, 0.3) is 0 Å². The van der Waals surface area contributed by atoms with Crippen LogP contribution in [0.15, 0.2) is 48.5 Å². The zero-order chi connectivity index (χ0) is 23.1. The lowest BCUT2D eigenvalue weighted by atomic mass is 9.96. The van der Waals surface area contributed by atoms with Crippen LogP contribution in [0.25, 0.3) is 11.1 Å². The molecule has 0 aliphatic heterocycles. The van der Waals surface area contributed by atoms with E-state index in [0.29, 0.717) is 6.42 Å². The number of carbonyl (C=O) groups is 3. The molecular weight excluding hydrogens is 412 g/mol. The zero-order valence-corrected chi connectivity index (χ0v) is 18.2. The summed E-state index contributed by atoms with van der Waals surface area (Å²) >= 11 is 0. The van der Waals surface area contributed by atoms with Gasteiger partial charge in [-0.1, -0.05) is 62.4 Å². The Labute approximate surface area is 186 Å². The van der Waals surface area contributed by atoms with Gasteiger partial charge >= 0.3 is 12.1 Å². The third-order valence-corrected chi connectivity index (χ3v) is 5.33. The maximum atomic E-state index is 12.4. The Morgan fingerprint density at radius 1 is 1.00 bits per heavy atom. The predicted octanol–water partition coefficient (Wildman–Crippen LogP) is 3.32. The number of hydrogen-bond donors (Lipinski definition) is 3. The minimum Gasteiger partial charge on any atom is -0.479 e. The van der Waals surface area contributed by atoms with E-state index in [0.717, 1.165) is 22.3 Å². The molecule has 0 heterocycles. The number of carbonyl (C=O) groups excluding carboxylic acids is 2. The van der Waals surface area contributed by atoms with Crippen LogP contribution in [-0.4, -0.2) is 42.8 Å². The van der Waals surface area contributed by atoms with Crippen LogP contribution in [0.5, 0.6) is 0 Å². The average molecular weight is 440 g/mol. The van der Waals surface area contributed by atoms with Crippen molar-refractivity contribution in [2.45, 2.75) is 26.2 Å². The van der Waals surface area contributed by atoms with Crippen LogP contribution in [0.3, 0.4) is 0 Å². The third kappa shape index (κ3) is 5.85. The van der Waals surface area contributed by atoms with E-state index in [9.17, 15) is 14.4 Å². The first-order valence-corrected chi connectivity index (χ1v) is 10.6. The molecule has 1 unspecified atom stereocenters. The number of ether oxygens (including phenoxy) is 1. The van der Waals surface area contributed by atoms with E-state index in [1.807, 2.05) is 50.2 Å². The molecule has 1 atom stereocenters. The average Bonchev–Trinajstić information content (AvgIpc) is 3.08. The summed E-state index contributed by atoms with van der Waals surface area (Å²) in [6.45, 7) is 3.50. The highest BCUT2D eigenvalue weighted by atomic mass is 16.7. The number of carboxylic acid groups (broad SMARTS) is 1. The fourth-order valence-electron chi connectivity index (χ4n) is 3.96. The lowest BCUT2D eigenvalue weighted by Gasteiger charge is -2.19. The van der Waals surface area contributed by atoms with Crippen molar-refractivity contribution in [1.29, 1.82) is 0 Å². The Kier molecular flexibility index (Phi) is 7.83. The number of hydrogen-bond acceptors (Lipinski definition) is 5. The molecule has 0 saturated carbocycles. The number of carboxylic acids is 1. The molecule has 2 aromatic carbocycles. The molecule has 0 saturated heterocycles. The summed E-state index contributed by atoms with van der Waals surface area (Å²) in [5, 5.41) is 11.3. The van der Waals surface area contributed by atoms with E-state index in [-0.39, 0.29) is 25.0 Å². The topological polar surface area (TPSA) is 114 Å². The van der Waals surface area contributed by atoms with Crippen LogP contribution in [0.1, 0.15) is 37.3 Å². The lowest BCUT2D eigenvalue weighted by molar-refractivity contribution is -0.150. The summed E-state index contributed by atoms with van der Waals surface area (Å²) in [6.07, 6.45) is -0.119. The van der Waals surface area contributed by atoms with E-state index in [1.54, 1.807) is 0 Å². The number of alkyl carbamates (subject to hydrolysis) is 1. The molecule has 1 aliphatic carbocycles. The Hall–Kier alpha value is -3.39. The minimum absolute atomic E-state index is 0.0488. The van der Waals surface area contributed by atoms with Crippen molar-refractivity contribution in [3.05, 3.63) is 59.7 Å². The number of hydroxylamine groups is 1. The molecule has 8 heteroatoms. The van der Waals surface area contributed by atoms with E-state index < -0.39 is 30.5 Å². The highest BCUT2D eigenvalue weighted by Gasteiger charge is 2.29. The summed E-state index contributed by atoms with van der Waals surface area (Å²) in [5.41, 5.74) is 6.66. The maximum absolute atomic E-state index is 12.4. The molecule has 2 amide bonds. The van der Waals surface area contributed by atoms with Crippen LogP contribution in [-0.2, 0) is 19.2 Å². The highest BCUT2D eigenvalue weighted by Crippen LogP contribution is 2.44. The van der Waals surface area contributed by atoms with Gasteiger partial charge in [-0.05, 0) is 34.6 Å². The third-order valence-electron chi connectivity index (χ3n) is 5.33. The molecule has 0 bridgehead atoms. The molecule has 3 N–H and O–H groups in total. The Morgan fingerprint density at radius 3 is 2.16 bits per heavy atom. The summed E-state index contributed by atoms with van der Waals surface area (Å²) in [4.78, 5) is 39.9. The summed E-state index contributed by atoms with van der Waals surface area (Å²) in [5.74, 6) is -2.12. The SMILES string of the molecule is CC(C)CC(CNC(=O)OCC1c2ccccc2-c2ccccc21)C(=O)NOCC(=O)O. The van der Waals surface area contributed by atoms with Crippen molar-refractivity contribution in [1.82, 2.24) is 10.8 Å². The fraction of sp³-hybridized carbons (Fsp3) is 0.375. The molecule has 0 aromatic heterocycles. The molecule has 0 spiro atoms. The van der Waals surface area contributed by atoms with Gasteiger partial charge in [-0.2, -0.15) is 0 Å². The summed E-state index contributed by atoms with van der Waals surface area (Å²) < 4.78 is 5.50. The van der Waals surface area contributed by atoms with Crippen molar-refractivity contribution >= 4 is 18.0 Å². The van der Waals surface area contributed by atoms with Gasteiger partial charge in [0.15, 0.2) is 6.61 Å². The lowest BCUT2D eigenvalue weighted by Crippen LogP contribution is -2.40. The summed E-state index contributed by atoms with van der Waals surface area (Å²) in [7, 11) is 0. The van der Waals surface area contributed by atoms with Crippen LogP contribution < -0.4 is 10.8 Å². The Balaban J connectivity index is 1.55. The van der Waals surface area contributed by atoms with Crippen LogP contribution in [0.4, 0.5) is 4.79 Å². The number of rotatable bonds is 10. The molecule has 8 nitrogen and oxygen atoms in total. The summed E-state index contributed by atoms with van der Waals surface area (Å²) in [6, 6.07) is 16.1. The number of amides is 2. The van der Waals surface area contributed by atoms with Gasteiger partial charge in [0, 0.05) is 12.5 Å². The molecule has 32 heavy (non-hydrogen) atoms. The smallest absolute Gasteiger partial charge is 0.407 e. The van der Waals surface area contributed by atoms with Crippen molar-refractivity contribution in [2.75, 3.05) is 19.8 Å². The first-order chi connectivity index (χ1) is 15.4. The number of nitrogens with one attached hydrogen (secondary N) is 2. The Bertz CT molecular complexity index is 929. The molecule has 2 aromatic rings. The van der Waals surface area contributed by atoms with Gasteiger partial charge in [0.1, 0.15) is 6.61 Å². The van der Waals surface area contributed by atoms with Gasteiger partial charge < -0.3 is 15.2 Å². The second kappa shape index (κ2) is 10.8. The van der Waals surface area contributed by atoms with E-state index in [4.69, 9.17) is 9.84 Å². The van der Waals surface area contributed by atoms with Gasteiger partial charge in [-0.15, -0.1) is 0 Å². The maximum Gasteiger partial charge on any atom is 0.407 e. The number of aliphatic carboxylic acids is 1. The fourth-order valence-corrected chi connectivity index (χ4v) is 3.96. The molecule has 0 radical (unpaired) electrons. The van der Waals surface area contributed by atoms with Gasteiger partial charge in [0.05, 0.1) is 5.92 Å². The van der Waals surface area contributed by atoms with Crippen LogP contribution in [0, 0.1) is 11.8 Å². The van der Waals surface area contributed by atoms with E-state index >= 15 is 0 Å². The Morgan fingerprint density at radius 2 is 1.59 bits per heavy atom. The van der Waals surface area contributed by atoms with Crippen LogP contribution >= 0.6 is 0 Å². The molecular formula is C24H28N2O6. The molecule has 170 valence electrons. The zero-order valence-electron chi connectivity index (χ0n) is 18.2.